The van der Waals surface area contributed by atoms with Gasteiger partial charge in [0, 0.05) is 11.9 Å². The summed E-state index contributed by atoms with van der Waals surface area (Å²) in [4.78, 5) is 24.6. The Labute approximate surface area is 134 Å². The van der Waals surface area contributed by atoms with Gasteiger partial charge in [-0.1, -0.05) is 13.8 Å². The maximum Gasteiger partial charge on any atom is 0.274 e. The smallest absolute Gasteiger partial charge is 0.274 e. The average molecular weight is 311 g/mol. The largest absolute Gasteiger partial charge is 0.394 e. The van der Waals surface area contributed by atoms with Gasteiger partial charge in [-0.05, 0) is 37.5 Å². The van der Waals surface area contributed by atoms with Crippen molar-refractivity contribution in [1.82, 2.24) is 19.5 Å². The van der Waals surface area contributed by atoms with Gasteiger partial charge in [0.2, 0.25) is 0 Å². The van der Waals surface area contributed by atoms with E-state index in [9.17, 15) is 4.79 Å². The lowest BCUT2D eigenvalue weighted by Crippen LogP contribution is -2.22. The van der Waals surface area contributed by atoms with E-state index in [1.807, 2.05) is 13.0 Å². The fourth-order valence-electron chi connectivity index (χ4n) is 2.71. The summed E-state index contributed by atoms with van der Waals surface area (Å²) in [6.45, 7) is 6.66. The van der Waals surface area contributed by atoms with Crippen LogP contribution in [0.5, 0.6) is 0 Å². The van der Waals surface area contributed by atoms with Crippen LogP contribution in [0.25, 0.3) is 11.0 Å². The molecule has 0 bridgehead atoms. The molecule has 3 aromatic rings. The Morgan fingerprint density at radius 2 is 2.13 bits per heavy atom. The minimum Gasteiger partial charge on any atom is -0.394 e. The predicted octanol–water partition coefficient (Wildman–Crippen LogP) is 2.26. The highest BCUT2D eigenvalue weighted by atomic mass is 16.1. The van der Waals surface area contributed by atoms with E-state index in [4.69, 9.17) is 5.73 Å². The topological polar surface area (TPSA) is 89.6 Å². The van der Waals surface area contributed by atoms with E-state index < -0.39 is 0 Å². The minimum absolute atomic E-state index is 0.204. The van der Waals surface area contributed by atoms with Crippen LogP contribution in [0.15, 0.2) is 29.2 Å². The van der Waals surface area contributed by atoms with Gasteiger partial charge in [0.15, 0.2) is 0 Å². The monoisotopic (exact) mass is 311 g/mol. The van der Waals surface area contributed by atoms with Crippen molar-refractivity contribution < 1.29 is 0 Å². The second-order valence-electron chi connectivity index (χ2n) is 6.28. The average Bonchev–Trinajstić information content (AvgIpc) is 2.86. The molecule has 0 aliphatic rings. The van der Waals surface area contributed by atoms with Crippen molar-refractivity contribution >= 4 is 16.7 Å². The molecule has 0 saturated heterocycles. The number of hydrogen-bond donors (Lipinski definition) is 2. The van der Waals surface area contributed by atoms with E-state index in [1.165, 1.54) is 0 Å². The van der Waals surface area contributed by atoms with Gasteiger partial charge in [-0.3, -0.25) is 9.78 Å². The number of hydrogen-bond acceptors (Lipinski definition) is 4. The predicted molar refractivity (Wildman–Crippen MR) is 91.4 cm³/mol. The van der Waals surface area contributed by atoms with Crippen LogP contribution in [0, 0.1) is 12.8 Å². The molecule has 3 rings (SSSR count). The molecule has 3 aromatic heterocycles. The first-order valence-electron chi connectivity index (χ1n) is 7.74. The van der Waals surface area contributed by atoms with Gasteiger partial charge >= 0.3 is 0 Å². The lowest BCUT2D eigenvalue weighted by atomic mass is 10.1. The summed E-state index contributed by atoms with van der Waals surface area (Å²) in [7, 11) is 0. The maximum absolute atomic E-state index is 12.0. The molecule has 3 heterocycles. The number of aromatic nitrogens is 4. The molecule has 0 aliphatic carbocycles. The van der Waals surface area contributed by atoms with Crippen LogP contribution in [0.4, 0.5) is 5.69 Å². The molecule has 0 aliphatic heterocycles. The number of imidazole rings is 1. The molecule has 0 atom stereocenters. The number of fused-ring (bicyclic) bond motifs is 1. The van der Waals surface area contributed by atoms with Gasteiger partial charge in [-0.25, -0.2) is 4.98 Å². The van der Waals surface area contributed by atoms with Gasteiger partial charge in [0.25, 0.3) is 5.56 Å². The van der Waals surface area contributed by atoms with Gasteiger partial charge in [-0.2, -0.15) is 0 Å². The SMILES string of the molecule is Cc1cc2[nH]c(Cn3cccc(N)c3=O)nc2c(CC(C)C)n1. The first-order chi connectivity index (χ1) is 10.9. The van der Waals surface area contributed by atoms with Crippen molar-refractivity contribution in [3.05, 3.63) is 52.0 Å². The molecule has 6 heteroatoms. The van der Waals surface area contributed by atoms with Crippen LogP contribution in [0.2, 0.25) is 0 Å². The number of pyridine rings is 2. The summed E-state index contributed by atoms with van der Waals surface area (Å²) in [6, 6.07) is 5.35. The van der Waals surface area contributed by atoms with E-state index in [0.29, 0.717) is 12.5 Å². The molecule has 0 unspecified atom stereocenters. The number of nitrogens with one attached hydrogen (secondary N) is 1. The zero-order valence-electron chi connectivity index (χ0n) is 13.6. The summed E-state index contributed by atoms with van der Waals surface area (Å²) in [5.74, 6) is 1.23. The molecule has 23 heavy (non-hydrogen) atoms. The minimum atomic E-state index is -0.204. The number of nitrogens with two attached hydrogens (primary N) is 1. The molecular formula is C17H21N5O. The fourth-order valence-corrected chi connectivity index (χ4v) is 2.71. The van der Waals surface area contributed by atoms with Gasteiger partial charge in [0.1, 0.15) is 11.3 Å². The molecule has 0 amide bonds. The van der Waals surface area contributed by atoms with Crippen LogP contribution in [0.3, 0.4) is 0 Å². The summed E-state index contributed by atoms with van der Waals surface area (Å²) in [6.07, 6.45) is 2.59. The lowest BCUT2D eigenvalue weighted by Gasteiger charge is -2.05. The summed E-state index contributed by atoms with van der Waals surface area (Å²) in [5, 5.41) is 0. The first kappa shape index (κ1) is 15.3. The Bertz CT molecular complexity index is 907. The van der Waals surface area contributed by atoms with Gasteiger partial charge in [0.05, 0.1) is 23.4 Å². The second-order valence-corrected chi connectivity index (χ2v) is 6.28. The highest BCUT2D eigenvalue weighted by Crippen LogP contribution is 2.19. The van der Waals surface area contributed by atoms with Crippen molar-refractivity contribution in [3.8, 4) is 0 Å². The van der Waals surface area contributed by atoms with Crippen LogP contribution >= 0.6 is 0 Å². The summed E-state index contributed by atoms with van der Waals surface area (Å²) in [5.41, 5.74) is 9.51. The Morgan fingerprint density at radius 1 is 1.35 bits per heavy atom. The van der Waals surface area contributed by atoms with Crippen LogP contribution < -0.4 is 11.3 Å². The number of rotatable bonds is 4. The fraction of sp³-hybridized carbons (Fsp3) is 0.353. The Morgan fingerprint density at radius 3 is 2.87 bits per heavy atom. The van der Waals surface area contributed by atoms with E-state index in [-0.39, 0.29) is 11.2 Å². The van der Waals surface area contributed by atoms with E-state index in [0.717, 1.165) is 34.7 Å². The third-order valence-corrected chi connectivity index (χ3v) is 3.69. The van der Waals surface area contributed by atoms with Crippen molar-refractivity contribution in [3.63, 3.8) is 0 Å². The number of nitrogens with zero attached hydrogens (tertiary/aromatic N) is 3. The second kappa shape index (κ2) is 5.87. The zero-order chi connectivity index (χ0) is 16.6. The summed E-state index contributed by atoms with van der Waals surface area (Å²) >= 11 is 0. The van der Waals surface area contributed by atoms with Gasteiger partial charge in [-0.15, -0.1) is 0 Å². The number of aromatic amines is 1. The molecule has 0 fully saturated rings. The number of nitrogen functional groups attached to an aromatic ring is 1. The van der Waals surface area contributed by atoms with E-state index >= 15 is 0 Å². The third-order valence-electron chi connectivity index (χ3n) is 3.69. The van der Waals surface area contributed by atoms with Crippen LogP contribution in [-0.4, -0.2) is 19.5 Å². The van der Waals surface area contributed by atoms with Crippen molar-refractivity contribution in [2.24, 2.45) is 5.92 Å². The van der Waals surface area contributed by atoms with E-state index in [2.05, 4.69) is 28.8 Å². The molecule has 3 N–H and O–H groups in total. The first-order valence-corrected chi connectivity index (χ1v) is 7.74. The van der Waals surface area contributed by atoms with Crippen molar-refractivity contribution in [2.45, 2.75) is 33.7 Å². The molecular weight excluding hydrogens is 290 g/mol. The molecule has 0 radical (unpaired) electrons. The van der Waals surface area contributed by atoms with Gasteiger partial charge < -0.3 is 15.3 Å². The maximum atomic E-state index is 12.0. The molecule has 120 valence electrons. The Balaban J connectivity index is 2.03. The molecule has 0 aromatic carbocycles. The molecule has 6 nitrogen and oxygen atoms in total. The highest BCUT2D eigenvalue weighted by molar-refractivity contribution is 5.77. The van der Waals surface area contributed by atoms with E-state index in [1.54, 1.807) is 22.9 Å². The number of anilines is 1. The standard InChI is InChI=1S/C17H21N5O/c1-10(2)7-13-16-14(8-11(3)19-13)20-15(21-16)9-22-6-4-5-12(18)17(22)23/h4-6,8,10H,7,9,18H2,1-3H3,(H,20,21). The lowest BCUT2D eigenvalue weighted by molar-refractivity contribution is 0.637. The normalized spacial score (nSPS) is 11.5. The van der Waals surface area contributed by atoms with Crippen LogP contribution in [0.1, 0.15) is 31.1 Å². The molecule has 0 spiro atoms. The molecule has 0 saturated carbocycles. The van der Waals surface area contributed by atoms with Crippen molar-refractivity contribution in [2.75, 3.05) is 5.73 Å². The van der Waals surface area contributed by atoms with Crippen molar-refractivity contribution in [1.29, 1.82) is 0 Å². The number of H-pyrrole nitrogens is 1. The van der Waals surface area contributed by atoms with Crippen LogP contribution in [-0.2, 0) is 13.0 Å². The Hall–Kier alpha value is -2.63. The quantitative estimate of drug-likeness (QED) is 0.773. The highest BCUT2D eigenvalue weighted by Gasteiger charge is 2.12. The zero-order valence-corrected chi connectivity index (χ0v) is 13.6. The summed E-state index contributed by atoms with van der Waals surface area (Å²) < 4.78 is 1.55. The Kier molecular flexibility index (Phi) is 3.90. The number of aryl methyl sites for hydroxylation is 1. The third kappa shape index (κ3) is 3.11.